The Morgan fingerprint density at radius 2 is 2.36 bits per heavy atom. The monoisotopic (exact) mass is 160 g/mol. The van der Waals surface area contributed by atoms with Crippen molar-refractivity contribution < 1.29 is 9.53 Å². The van der Waals surface area contributed by atoms with Gasteiger partial charge in [-0.05, 0) is 13.3 Å². The third kappa shape index (κ3) is 7.12. The Labute approximate surface area is 67.1 Å². The summed E-state index contributed by atoms with van der Waals surface area (Å²) in [6.45, 7) is 5.14. The average Bonchev–Trinajstić information content (AvgIpc) is 1.97. The van der Waals surface area contributed by atoms with E-state index in [0.29, 0.717) is 6.54 Å². The van der Waals surface area contributed by atoms with Gasteiger partial charge in [-0.2, -0.15) is 0 Å². The van der Waals surface area contributed by atoms with Crippen molar-refractivity contribution in [2.24, 2.45) is 5.73 Å². The minimum Gasteiger partial charge on any atom is -0.377 e. The maximum Gasteiger partial charge on any atom is 0.312 e. The zero-order chi connectivity index (χ0) is 8.69. The molecular formula is C7H16N2O2. The molecule has 0 aliphatic heterocycles. The lowest BCUT2D eigenvalue weighted by molar-refractivity contribution is 0.0681. The molecule has 0 rings (SSSR count). The lowest BCUT2D eigenvalue weighted by atomic mass is 10.4. The van der Waals surface area contributed by atoms with Gasteiger partial charge in [-0.3, -0.25) is 0 Å². The van der Waals surface area contributed by atoms with Crippen molar-refractivity contribution in [3.05, 3.63) is 0 Å². The zero-order valence-corrected chi connectivity index (χ0v) is 7.09. The number of amides is 2. The molecule has 0 spiro atoms. The SMILES string of the molecule is CCCOC(C)CNC(N)=O. The number of urea groups is 1. The van der Waals surface area contributed by atoms with E-state index in [1.165, 1.54) is 0 Å². The summed E-state index contributed by atoms with van der Waals surface area (Å²) < 4.78 is 5.27. The molecule has 4 heteroatoms. The highest BCUT2D eigenvalue weighted by molar-refractivity contribution is 5.71. The molecule has 0 fully saturated rings. The fraction of sp³-hybridized carbons (Fsp3) is 0.857. The molecule has 0 heterocycles. The number of ether oxygens (including phenoxy) is 1. The van der Waals surface area contributed by atoms with Gasteiger partial charge in [0, 0.05) is 13.2 Å². The molecule has 0 radical (unpaired) electrons. The first-order valence-corrected chi connectivity index (χ1v) is 3.81. The Bertz CT molecular complexity index is 117. The van der Waals surface area contributed by atoms with Crippen LogP contribution < -0.4 is 11.1 Å². The van der Waals surface area contributed by atoms with Crippen molar-refractivity contribution in [2.75, 3.05) is 13.2 Å². The fourth-order valence-corrected chi connectivity index (χ4v) is 0.622. The van der Waals surface area contributed by atoms with Crippen molar-refractivity contribution in [1.82, 2.24) is 5.32 Å². The Morgan fingerprint density at radius 1 is 1.73 bits per heavy atom. The van der Waals surface area contributed by atoms with Gasteiger partial charge in [-0.1, -0.05) is 6.92 Å². The van der Waals surface area contributed by atoms with Crippen molar-refractivity contribution in [3.8, 4) is 0 Å². The van der Waals surface area contributed by atoms with Gasteiger partial charge in [0.25, 0.3) is 0 Å². The van der Waals surface area contributed by atoms with Gasteiger partial charge >= 0.3 is 6.03 Å². The van der Waals surface area contributed by atoms with Gasteiger partial charge in [0.2, 0.25) is 0 Å². The third-order valence-corrected chi connectivity index (χ3v) is 1.17. The minimum absolute atomic E-state index is 0.0439. The van der Waals surface area contributed by atoms with E-state index in [1.807, 2.05) is 13.8 Å². The van der Waals surface area contributed by atoms with Crippen LogP contribution in [0.5, 0.6) is 0 Å². The number of hydrogen-bond acceptors (Lipinski definition) is 2. The van der Waals surface area contributed by atoms with E-state index in [-0.39, 0.29) is 6.10 Å². The minimum atomic E-state index is -0.503. The van der Waals surface area contributed by atoms with Gasteiger partial charge in [0.15, 0.2) is 0 Å². The van der Waals surface area contributed by atoms with E-state index in [4.69, 9.17) is 10.5 Å². The van der Waals surface area contributed by atoms with Crippen molar-refractivity contribution in [2.45, 2.75) is 26.4 Å². The number of rotatable bonds is 5. The summed E-state index contributed by atoms with van der Waals surface area (Å²) in [6.07, 6.45) is 1.03. The van der Waals surface area contributed by atoms with Crippen LogP contribution in [0.3, 0.4) is 0 Å². The first-order chi connectivity index (χ1) is 5.16. The zero-order valence-electron chi connectivity index (χ0n) is 7.09. The topological polar surface area (TPSA) is 64.3 Å². The lowest BCUT2D eigenvalue weighted by Crippen LogP contribution is -2.35. The number of nitrogens with two attached hydrogens (primary N) is 1. The summed E-state index contributed by atoms with van der Waals surface area (Å²) >= 11 is 0. The van der Waals surface area contributed by atoms with Crippen LogP contribution in [0.4, 0.5) is 4.79 Å². The van der Waals surface area contributed by atoms with Crippen molar-refractivity contribution in [1.29, 1.82) is 0 Å². The number of primary amides is 1. The Morgan fingerprint density at radius 3 is 2.82 bits per heavy atom. The van der Waals surface area contributed by atoms with Gasteiger partial charge in [0.05, 0.1) is 6.10 Å². The van der Waals surface area contributed by atoms with E-state index in [2.05, 4.69) is 5.32 Å². The van der Waals surface area contributed by atoms with E-state index in [9.17, 15) is 4.79 Å². The molecule has 0 saturated heterocycles. The van der Waals surface area contributed by atoms with Crippen LogP contribution in [0.1, 0.15) is 20.3 Å². The van der Waals surface area contributed by atoms with Crippen LogP contribution in [-0.2, 0) is 4.74 Å². The molecule has 4 nitrogen and oxygen atoms in total. The van der Waals surface area contributed by atoms with Crippen LogP contribution >= 0.6 is 0 Å². The molecule has 11 heavy (non-hydrogen) atoms. The van der Waals surface area contributed by atoms with E-state index >= 15 is 0 Å². The molecule has 0 aliphatic rings. The lowest BCUT2D eigenvalue weighted by Gasteiger charge is -2.11. The molecule has 1 unspecified atom stereocenters. The van der Waals surface area contributed by atoms with E-state index in [0.717, 1.165) is 13.0 Å². The average molecular weight is 160 g/mol. The molecular weight excluding hydrogens is 144 g/mol. The summed E-state index contributed by atoms with van der Waals surface area (Å²) in [5.41, 5.74) is 4.86. The Balaban J connectivity index is 3.22. The maximum atomic E-state index is 10.2. The molecule has 2 amide bonds. The van der Waals surface area contributed by atoms with E-state index < -0.39 is 6.03 Å². The Kier molecular flexibility index (Phi) is 5.56. The predicted octanol–water partition coefficient (Wildman–Crippen LogP) is 0.470. The summed E-state index contributed by atoms with van der Waals surface area (Å²) in [5, 5.41) is 2.47. The smallest absolute Gasteiger partial charge is 0.312 e. The maximum absolute atomic E-state index is 10.2. The second-order valence-electron chi connectivity index (χ2n) is 2.43. The first-order valence-electron chi connectivity index (χ1n) is 3.81. The highest BCUT2D eigenvalue weighted by Crippen LogP contribution is 1.89. The summed E-state index contributed by atoms with van der Waals surface area (Å²) in [7, 11) is 0. The van der Waals surface area contributed by atoms with Crippen LogP contribution in [-0.4, -0.2) is 25.3 Å². The molecule has 0 aromatic rings. The predicted molar refractivity (Wildman–Crippen MR) is 43.3 cm³/mol. The van der Waals surface area contributed by atoms with Crippen LogP contribution in [0.2, 0.25) is 0 Å². The summed E-state index contributed by atoms with van der Waals surface area (Å²) in [6, 6.07) is -0.503. The molecule has 66 valence electrons. The van der Waals surface area contributed by atoms with Crippen molar-refractivity contribution in [3.63, 3.8) is 0 Å². The van der Waals surface area contributed by atoms with Crippen LogP contribution in [0.25, 0.3) is 0 Å². The Hall–Kier alpha value is -0.770. The largest absolute Gasteiger partial charge is 0.377 e. The van der Waals surface area contributed by atoms with Crippen molar-refractivity contribution >= 4 is 6.03 Å². The quantitative estimate of drug-likeness (QED) is 0.614. The molecule has 1 atom stereocenters. The standard InChI is InChI=1S/C7H16N2O2/c1-3-4-11-6(2)5-9-7(8)10/h6H,3-5H2,1-2H3,(H3,8,9,10). The first kappa shape index (κ1) is 10.2. The van der Waals surface area contributed by atoms with Crippen LogP contribution in [0, 0.1) is 0 Å². The third-order valence-electron chi connectivity index (χ3n) is 1.17. The highest BCUT2D eigenvalue weighted by atomic mass is 16.5. The van der Waals surface area contributed by atoms with E-state index in [1.54, 1.807) is 0 Å². The normalized spacial score (nSPS) is 12.5. The molecule has 0 aromatic carbocycles. The fourth-order valence-electron chi connectivity index (χ4n) is 0.622. The van der Waals surface area contributed by atoms with Crippen LogP contribution in [0.15, 0.2) is 0 Å². The van der Waals surface area contributed by atoms with Gasteiger partial charge in [0.1, 0.15) is 0 Å². The number of carbonyl (C=O) groups is 1. The second-order valence-corrected chi connectivity index (χ2v) is 2.43. The molecule has 0 bridgehead atoms. The van der Waals surface area contributed by atoms with Gasteiger partial charge in [-0.15, -0.1) is 0 Å². The number of carbonyl (C=O) groups excluding carboxylic acids is 1. The van der Waals surface area contributed by atoms with Gasteiger partial charge < -0.3 is 15.8 Å². The number of nitrogens with one attached hydrogen (secondary N) is 1. The number of hydrogen-bond donors (Lipinski definition) is 2. The summed E-state index contributed by atoms with van der Waals surface area (Å²) in [4.78, 5) is 10.2. The molecule has 0 aromatic heterocycles. The van der Waals surface area contributed by atoms with Gasteiger partial charge in [-0.25, -0.2) is 4.79 Å². The highest BCUT2D eigenvalue weighted by Gasteiger charge is 2.01. The molecule has 3 N–H and O–H groups in total. The second kappa shape index (κ2) is 5.97. The molecule has 0 aliphatic carbocycles. The molecule has 0 saturated carbocycles. The summed E-state index contributed by atoms with van der Waals surface area (Å²) in [5.74, 6) is 0.